The van der Waals surface area contributed by atoms with Crippen LogP contribution in [0, 0.1) is 0 Å². The molecule has 12 nitrogen and oxygen atoms in total. The summed E-state index contributed by atoms with van der Waals surface area (Å²) in [6, 6.07) is 21.1. The Kier molecular flexibility index (Phi) is 34.3. The van der Waals surface area contributed by atoms with Crippen molar-refractivity contribution >= 4 is 34.9 Å². The molecular weight excluding hydrogens is 973 g/mol. The van der Waals surface area contributed by atoms with E-state index in [2.05, 4.69) is 70.9 Å². The Hall–Kier alpha value is -5.78. The predicted molar refractivity (Wildman–Crippen MR) is 322 cm³/mol. The zero-order valence-electron chi connectivity index (χ0n) is 48.7. The van der Waals surface area contributed by atoms with E-state index in [0.29, 0.717) is 37.3 Å². The lowest BCUT2D eigenvalue weighted by Gasteiger charge is -2.10. The van der Waals surface area contributed by atoms with E-state index in [1.54, 1.807) is 24.3 Å². The Morgan fingerprint density at radius 1 is 0.359 bits per heavy atom. The molecule has 4 rings (SSSR count). The van der Waals surface area contributed by atoms with Crippen LogP contribution < -0.4 is 20.1 Å². The van der Waals surface area contributed by atoms with Gasteiger partial charge in [-0.2, -0.15) is 10.2 Å². The van der Waals surface area contributed by atoms with Gasteiger partial charge >= 0.3 is 12.2 Å². The van der Waals surface area contributed by atoms with Crippen LogP contribution in [0.15, 0.2) is 93.3 Å². The molecule has 0 bridgehead atoms. The third-order valence-electron chi connectivity index (χ3n) is 14.7. The molecule has 0 spiro atoms. The van der Waals surface area contributed by atoms with Crippen LogP contribution in [0.5, 0.6) is 23.0 Å². The zero-order chi connectivity index (χ0) is 55.7. The van der Waals surface area contributed by atoms with Gasteiger partial charge in [-0.15, -0.1) is 10.2 Å². The number of nitrogens with one attached hydrogen (secondary N) is 2. The van der Waals surface area contributed by atoms with Gasteiger partial charge in [-0.3, -0.25) is 0 Å². The molecule has 0 aliphatic heterocycles. The quantitative estimate of drug-likeness (QED) is 0.0254. The first-order valence-electron chi connectivity index (χ1n) is 30.9. The first-order valence-corrected chi connectivity index (χ1v) is 30.9. The van der Waals surface area contributed by atoms with Crippen LogP contribution >= 0.6 is 0 Å². The molecule has 0 radical (unpaired) electrons. The average molecular weight is 1070 g/mol. The number of carbonyl (C=O) groups excluding carboxylic acids is 2. The van der Waals surface area contributed by atoms with Gasteiger partial charge in [-0.1, -0.05) is 232 Å². The maximum absolute atomic E-state index is 12.5. The van der Waals surface area contributed by atoms with Crippen molar-refractivity contribution in [2.75, 3.05) is 13.1 Å². The van der Waals surface area contributed by atoms with Gasteiger partial charge in [-0.25, -0.2) is 9.59 Å². The van der Waals surface area contributed by atoms with Crippen LogP contribution in [0.2, 0.25) is 0 Å². The minimum absolute atomic E-state index is 0.141. The fourth-order valence-corrected chi connectivity index (χ4v) is 9.82. The van der Waals surface area contributed by atoms with E-state index in [9.17, 15) is 19.8 Å². The molecule has 12 heteroatoms. The molecule has 0 fully saturated rings. The van der Waals surface area contributed by atoms with E-state index in [4.69, 9.17) is 9.47 Å². The monoisotopic (exact) mass is 1070 g/mol. The number of aromatic hydroxyl groups is 2. The predicted octanol–water partition coefficient (Wildman–Crippen LogP) is 21.4. The molecule has 0 heterocycles. The smallest absolute Gasteiger partial charge is 0.412 e. The summed E-state index contributed by atoms with van der Waals surface area (Å²) < 4.78 is 10.9. The Bertz CT molecular complexity index is 2170. The second kappa shape index (κ2) is 41.3. The number of amides is 2. The van der Waals surface area contributed by atoms with E-state index in [0.717, 1.165) is 47.9 Å². The molecule has 0 aromatic heterocycles. The number of phenols is 2. The highest BCUT2D eigenvalue weighted by Gasteiger charge is 2.12. The molecule has 78 heavy (non-hydrogen) atoms. The van der Waals surface area contributed by atoms with Crippen LogP contribution in [0.1, 0.15) is 244 Å². The molecule has 430 valence electrons. The minimum atomic E-state index is -0.547. The van der Waals surface area contributed by atoms with Crippen molar-refractivity contribution in [1.29, 1.82) is 0 Å². The lowest BCUT2D eigenvalue weighted by Crippen LogP contribution is -2.27. The minimum Gasteiger partial charge on any atom is -0.505 e. The fraction of sp³-hybridized carbons (Fsp3) is 0.606. The van der Waals surface area contributed by atoms with Gasteiger partial charge in [0.05, 0.1) is 11.4 Å². The molecule has 0 atom stereocenters. The van der Waals surface area contributed by atoms with Gasteiger partial charge in [0, 0.05) is 25.2 Å². The second-order valence-electron chi connectivity index (χ2n) is 21.3. The highest BCUT2D eigenvalue weighted by atomic mass is 16.6. The van der Waals surface area contributed by atoms with E-state index in [1.165, 1.54) is 192 Å². The van der Waals surface area contributed by atoms with Gasteiger partial charge in [0.25, 0.3) is 0 Å². The number of unbranched alkanes of at least 4 members (excludes halogenated alkanes) is 30. The number of benzene rings is 4. The number of hydrogen-bond donors (Lipinski definition) is 4. The number of phenolic OH excluding ortho intramolecular Hbond substituents is 2. The topological polar surface area (TPSA) is 167 Å². The lowest BCUT2D eigenvalue weighted by molar-refractivity contribution is 0.199. The van der Waals surface area contributed by atoms with Gasteiger partial charge in [0.2, 0.25) is 0 Å². The van der Waals surface area contributed by atoms with Crippen LogP contribution in [0.4, 0.5) is 32.3 Å². The second-order valence-corrected chi connectivity index (χ2v) is 21.3. The number of nitrogens with zero attached hydrogens (tertiary/aromatic N) is 4. The van der Waals surface area contributed by atoms with Crippen molar-refractivity contribution in [3.8, 4) is 34.1 Å². The van der Waals surface area contributed by atoms with E-state index in [-0.39, 0.29) is 34.4 Å². The summed E-state index contributed by atoms with van der Waals surface area (Å²) in [5, 5.41) is 44.7. The molecular formula is C66H100N6O6. The Labute approximate surface area is 470 Å². The number of carbonyl (C=O) groups is 2. The summed E-state index contributed by atoms with van der Waals surface area (Å²) >= 11 is 0. The summed E-state index contributed by atoms with van der Waals surface area (Å²) in [4.78, 5) is 24.9. The van der Waals surface area contributed by atoms with Crippen LogP contribution in [-0.2, 0) is 12.8 Å². The molecule has 4 aromatic carbocycles. The first kappa shape index (κ1) is 64.7. The summed E-state index contributed by atoms with van der Waals surface area (Å²) in [6.07, 6.45) is 42.0. The molecule has 0 saturated heterocycles. The summed E-state index contributed by atoms with van der Waals surface area (Å²) in [5.41, 5.74) is 5.85. The van der Waals surface area contributed by atoms with E-state index < -0.39 is 12.2 Å². The van der Waals surface area contributed by atoms with Crippen molar-refractivity contribution in [2.45, 2.75) is 246 Å². The number of ether oxygens (including phenoxy) is 2. The summed E-state index contributed by atoms with van der Waals surface area (Å²) in [6.45, 7) is 9.75. The van der Waals surface area contributed by atoms with Crippen molar-refractivity contribution in [3.63, 3.8) is 0 Å². The van der Waals surface area contributed by atoms with Crippen molar-refractivity contribution in [1.82, 2.24) is 10.6 Å². The molecule has 0 aliphatic carbocycles. The molecule has 0 unspecified atom stereocenters. The largest absolute Gasteiger partial charge is 0.505 e. The number of rotatable bonds is 43. The molecule has 4 N–H and O–H groups in total. The standard InChI is InChI=1S/C66H100N6O6/c1-5-9-11-13-15-17-19-21-23-25-27-29-31-33-35-37-47-67-65(75)77-57-41-45-61(63(73)51-57)71-69-59-43-39-55(49-53(59)7-3)56-40-44-60(54(8-4)50-56)70-72-62-46-42-58(52-64(62)74)78-66(76)68-48-38-36-34-32-30-28-26-24-22-20-18-16-14-12-10-6-2/h39-46,49-52,73-74H,5-38,47-48H2,1-4H3,(H,67,75)(H,68,76). The maximum Gasteiger partial charge on any atom is 0.412 e. The highest BCUT2D eigenvalue weighted by Crippen LogP contribution is 2.37. The van der Waals surface area contributed by atoms with E-state index in [1.807, 2.05) is 24.3 Å². The molecule has 2 amide bonds. The third kappa shape index (κ3) is 27.7. The Morgan fingerprint density at radius 2 is 0.628 bits per heavy atom. The lowest BCUT2D eigenvalue weighted by atomic mass is 9.98. The summed E-state index contributed by atoms with van der Waals surface area (Å²) in [7, 11) is 0. The fourth-order valence-electron chi connectivity index (χ4n) is 9.82. The summed E-state index contributed by atoms with van der Waals surface area (Å²) in [5.74, 6) is 0.168. The molecule has 0 aliphatic rings. The van der Waals surface area contributed by atoms with Crippen molar-refractivity contribution in [3.05, 3.63) is 83.9 Å². The van der Waals surface area contributed by atoms with Gasteiger partial charge < -0.3 is 30.3 Å². The Morgan fingerprint density at radius 3 is 0.910 bits per heavy atom. The average Bonchev–Trinajstić information content (AvgIpc) is 3.45. The third-order valence-corrected chi connectivity index (χ3v) is 14.7. The number of aryl methyl sites for hydroxylation is 2. The highest BCUT2D eigenvalue weighted by molar-refractivity contribution is 5.73. The maximum atomic E-state index is 12.5. The molecule has 0 saturated carbocycles. The number of hydrogen-bond acceptors (Lipinski definition) is 10. The number of azo groups is 2. The van der Waals surface area contributed by atoms with Crippen molar-refractivity contribution in [2.24, 2.45) is 20.5 Å². The SMILES string of the molecule is CCCCCCCCCCCCCCCCCCNC(=O)Oc1ccc(N=Nc2ccc(-c3ccc(N=Nc4ccc(OC(=O)NCCCCCCCCCCCCCCCCCC)cc4O)c(CC)c3)cc2CC)c(O)c1. The van der Waals surface area contributed by atoms with Gasteiger partial charge in [0.1, 0.15) is 34.4 Å². The van der Waals surface area contributed by atoms with E-state index >= 15 is 0 Å². The van der Waals surface area contributed by atoms with Crippen LogP contribution in [0.3, 0.4) is 0 Å². The van der Waals surface area contributed by atoms with Crippen molar-refractivity contribution < 1.29 is 29.3 Å². The first-order chi connectivity index (χ1) is 38.2. The van der Waals surface area contributed by atoms with Crippen LogP contribution in [-0.4, -0.2) is 35.5 Å². The zero-order valence-corrected chi connectivity index (χ0v) is 48.7. The Balaban J connectivity index is 1.12. The normalized spacial score (nSPS) is 11.5. The van der Waals surface area contributed by atoms with Gasteiger partial charge in [-0.05, 0) is 96.5 Å². The van der Waals surface area contributed by atoms with Crippen LogP contribution in [0.25, 0.3) is 11.1 Å². The van der Waals surface area contributed by atoms with Gasteiger partial charge in [0.15, 0.2) is 0 Å². The molecule has 4 aromatic rings.